The van der Waals surface area contributed by atoms with Gasteiger partial charge in [0, 0.05) is 16.5 Å². The van der Waals surface area contributed by atoms with Gasteiger partial charge in [0.05, 0.1) is 33.7 Å². The lowest BCUT2D eigenvalue weighted by molar-refractivity contribution is 0.477. The lowest BCUT2D eigenvalue weighted by atomic mass is 9.92. The number of nitrogens with zero attached hydrogens (tertiary/aromatic N) is 3. The number of imidazole rings is 1. The van der Waals surface area contributed by atoms with Gasteiger partial charge >= 0.3 is 0 Å². The predicted octanol–water partition coefficient (Wildman–Crippen LogP) is 11.7. The highest BCUT2D eigenvalue weighted by molar-refractivity contribution is 6.01. The molecule has 0 aliphatic heterocycles. The zero-order chi connectivity index (χ0) is 32.8. The summed E-state index contributed by atoms with van der Waals surface area (Å²) in [5.74, 6) is 1.90. The van der Waals surface area contributed by atoms with E-state index in [-0.39, 0.29) is 17.6 Å². The van der Waals surface area contributed by atoms with Crippen molar-refractivity contribution in [1.29, 1.82) is 0 Å². The van der Waals surface area contributed by atoms with Crippen LogP contribution in [0.5, 0.6) is 5.75 Å². The molecule has 234 valence electrons. The number of aromatic nitrogens is 3. The Morgan fingerprint density at radius 2 is 1.26 bits per heavy atom. The molecule has 0 aliphatic rings. The molecule has 0 radical (unpaired) electrons. The highest BCUT2D eigenvalue weighted by atomic mass is 16.3. The van der Waals surface area contributed by atoms with E-state index in [0.717, 1.165) is 50.0 Å². The van der Waals surface area contributed by atoms with Crippen LogP contribution >= 0.6 is 0 Å². The second-order valence-corrected chi connectivity index (χ2v) is 13.4. The molecule has 0 bridgehead atoms. The first-order valence-electron chi connectivity index (χ1n) is 16.7. The van der Waals surface area contributed by atoms with Crippen molar-refractivity contribution < 1.29 is 5.11 Å². The Kier molecular flexibility index (Phi) is 7.89. The average molecular weight is 616 g/mol. The van der Waals surface area contributed by atoms with Crippen LogP contribution in [0.3, 0.4) is 0 Å². The van der Waals surface area contributed by atoms with Crippen molar-refractivity contribution in [2.75, 3.05) is 0 Å². The number of hydrogen-bond acceptors (Lipinski definition) is 3. The quantitative estimate of drug-likeness (QED) is 0.194. The van der Waals surface area contributed by atoms with Crippen molar-refractivity contribution in [3.05, 3.63) is 132 Å². The van der Waals surface area contributed by atoms with Crippen molar-refractivity contribution in [1.82, 2.24) is 14.5 Å². The van der Waals surface area contributed by atoms with Crippen LogP contribution in [0.15, 0.2) is 115 Å². The zero-order valence-electron chi connectivity index (χ0n) is 28.0. The Balaban J connectivity index is 1.59. The van der Waals surface area contributed by atoms with E-state index in [1.54, 1.807) is 6.07 Å². The largest absolute Gasteiger partial charge is 0.507 e. The molecule has 0 aliphatic carbocycles. The molecule has 7 rings (SSSR count). The lowest BCUT2D eigenvalue weighted by Gasteiger charge is -2.22. The van der Waals surface area contributed by atoms with Gasteiger partial charge < -0.3 is 5.11 Å². The Hall–Kier alpha value is -5.22. The molecule has 0 unspecified atom stereocenters. The summed E-state index contributed by atoms with van der Waals surface area (Å²) in [4.78, 5) is 10.7. The van der Waals surface area contributed by atoms with Crippen LogP contribution < -0.4 is 0 Å². The fraction of sp³-hybridized carbons (Fsp3) is 0.209. The monoisotopic (exact) mass is 615 g/mol. The van der Waals surface area contributed by atoms with Crippen LogP contribution in [0, 0.1) is 0 Å². The van der Waals surface area contributed by atoms with E-state index in [4.69, 9.17) is 9.97 Å². The molecule has 0 spiro atoms. The van der Waals surface area contributed by atoms with Crippen molar-refractivity contribution in [3.63, 3.8) is 0 Å². The minimum atomic E-state index is 0.204. The number of phenols is 1. The van der Waals surface area contributed by atoms with Crippen LogP contribution in [0.4, 0.5) is 0 Å². The van der Waals surface area contributed by atoms with E-state index >= 15 is 0 Å². The van der Waals surface area contributed by atoms with E-state index in [9.17, 15) is 5.11 Å². The maximum atomic E-state index is 11.2. The minimum Gasteiger partial charge on any atom is -0.507 e. The van der Waals surface area contributed by atoms with E-state index < -0.39 is 0 Å². The number of benzene rings is 5. The van der Waals surface area contributed by atoms with Crippen LogP contribution in [-0.2, 0) is 0 Å². The highest BCUT2D eigenvalue weighted by Gasteiger charge is 2.25. The molecule has 47 heavy (non-hydrogen) atoms. The first-order valence-corrected chi connectivity index (χ1v) is 16.7. The fourth-order valence-corrected chi connectivity index (χ4v) is 6.74. The number of hydrogen-bond donors (Lipinski definition) is 1. The van der Waals surface area contributed by atoms with E-state index in [0.29, 0.717) is 17.3 Å². The Labute approximate surface area is 277 Å². The predicted molar refractivity (Wildman–Crippen MR) is 197 cm³/mol. The third-order valence-corrected chi connectivity index (χ3v) is 9.24. The van der Waals surface area contributed by atoms with Crippen LogP contribution in [0.1, 0.15) is 76.0 Å². The van der Waals surface area contributed by atoms with Crippen molar-refractivity contribution in [2.24, 2.45) is 0 Å². The molecular weight excluding hydrogens is 574 g/mol. The number of fused-ring (bicyclic) bond motifs is 2. The topological polar surface area (TPSA) is 50.9 Å². The van der Waals surface area contributed by atoms with Gasteiger partial charge in [-0.3, -0.25) is 4.57 Å². The molecule has 1 N–H and O–H groups in total. The summed E-state index contributed by atoms with van der Waals surface area (Å²) in [6.45, 7) is 13.4. The molecule has 2 heterocycles. The molecule has 0 fully saturated rings. The SMILES string of the molecule is CC(C)c1ccc2c(-c3ccccc3)nc(-c3cccc4c3nc(-c3ccccc3O)n4-c3c(C(C)C)cccc3C(C)C)cc2c1. The third-order valence-electron chi connectivity index (χ3n) is 9.24. The number of rotatable bonds is 7. The normalized spacial score (nSPS) is 11.9. The van der Waals surface area contributed by atoms with Gasteiger partial charge in [0.1, 0.15) is 11.6 Å². The van der Waals surface area contributed by atoms with Crippen LogP contribution in [0.2, 0.25) is 0 Å². The Morgan fingerprint density at radius 3 is 1.94 bits per heavy atom. The van der Waals surface area contributed by atoms with Gasteiger partial charge in [-0.2, -0.15) is 0 Å². The smallest absolute Gasteiger partial charge is 0.149 e. The summed E-state index contributed by atoms with van der Waals surface area (Å²) in [6.07, 6.45) is 0. The number of phenolic OH excluding ortho intramolecular Hbond substituents is 1. The summed E-state index contributed by atoms with van der Waals surface area (Å²) in [5.41, 5.74) is 11.3. The lowest BCUT2D eigenvalue weighted by Crippen LogP contribution is -2.08. The van der Waals surface area contributed by atoms with E-state index in [1.165, 1.54) is 16.7 Å². The minimum absolute atomic E-state index is 0.204. The molecular formula is C43H41N3O. The van der Waals surface area contributed by atoms with Gasteiger partial charge in [0.2, 0.25) is 0 Å². The Morgan fingerprint density at radius 1 is 0.596 bits per heavy atom. The second kappa shape index (κ2) is 12.2. The molecule has 0 atom stereocenters. The van der Waals surface area contributed by atoms with Crippen LogP contribution in [-0.4, -0.2) is 19.6 Å². The van der Waals surface area contributed by atoms with Gasteiger partial charge in [-0.25, -0.2) is 9.97 Å². The highest BCUT2D eigenvalue weighted by Crippen LogP contribution is 2.42. The van der Waals surface area contributed by atoms with Crippen molar-refractivity contribution in [2.45, 2.75) is 59.3 Å². The van der Waals surface area contributed by atoms with Crippen LogP contribution in [0.25, 0.3) is 61.4 Å². The summed E-state index contributed by atoms with van der Waals surface area (Å²) in [5, 5.41) is 13.5. The standard InChI is InChI=1S/C43H41N3O/c1-26(2)30-22-23-34-31(24-30)25-37(44-40(34)29-14-8-7-9-15-29)35-19-13-20-38-41(35)45-43(36-16-10-11-21-39(36)47)46(38)42-32(27(3)4)17-12-18-33(42)28(5)6/h7-28,47H,1-6H3. The molecule has 4 heteroatoms. The average Bonchev–Trinajstić information content (AvgIpc) is 3.46. The van der Waals surface area contributed by atoms with E-state index in [1.807, 2.05) is 24.3 Å². The summed E-state index contributed by atoms with van der Waals surface area (Å²) >= 11 is 0. The van der Waals surface area contributed by atoms with Gasteiger partial charge in [0.25, 0.3) is 0 Å². The summed E-state index contributed by atoms with van der Waals surface area (Å²) in [7, 11) is 0. The maximum absolute atomic E-state index is 11.2. The molecule has 7 aromatic rings. The number of aromatic hydroxyl groups is 1. The summed E-state index contributed by atoms with van der Waals surface area (Å²) < 4.78 is 2.27. The molecule has 2 aromatic heterocycles. The van der Waals surface area contributed by atoms with Crippen molar-refractivity contribution in [3.8, 4) is 45.3 Å². The van der Waals surface area contributed by atoms with Gasteiger partial charge in [0.15, 0.2) is 0 Å². The first-order chi connectivity index (χ1) is 22.7. The number of pyridine rings is 1. The summed E-state index contributed by atoms with van der Waals surface area (Å²) in [6, 6.07) is 39.9. The first kappa shape index (κ1) is 30.4. The van der Waals surface area contributed by atoms with Crippen molar-refractivity contribution >= 4 is 21.8 Å². The van der Waals surface area contributed by atoms with Gasteiger partial charge in [-0.05, 0) is 64.1 Å². The van der Waals surface area contributed by atoms with E-state index in [2.05, 4.69) is 131 Å². The molecule has 4 nitrogen and oxygen atoms in total. The maximum Gasteiger partial charge on any atom is 0.149 e. The third kappa shape index (κ3) is 5.38. The zero-order valence-corrected chi connectivity index (χ0v) is 28.0. The number of para-hydroxylation sites is 3. The molecule has 5 aromatic carbocycles. The fourth-order valence-electron chi connectivity index (χ4n) is 6.74. The van der Waals surface area contributed by atoms with Gasteiger partial charge in [-0.1, -0.05) is 133 Å². The molecule has 0 amide bonds. The second-order valence-electron chi connectivity index (χ2n) is 13.4. The molecule has 0 saturated heterocycles. The Bertz CT molecular complexity index is 2220. The molecule has 0 saturated carbocycles. The van der Waals surface area contributed by atoms with Gasteiger partial charge in [-0.15, -0.1) is 0 Å².